The third-order valence-corrected chi connectivity index (χ3v) is 4.90. The Kier molecular flexibility index (Phi) is 6.91. The molecule has 29 heavy (non-hydrogen) atoms. The van der Waals surface area contributed by atoms with Crippen molar-refractivity contribution in [2.75, 3.05) is 13.7 Å². The summed E-state index contributed by atoms with van der Waals surface area (Å²) in [5.74, 6) is 2.03. The first-order chi connectivity index (χ1) is 14.2. The highest BCUT2D eigenvalue weighted by molar-refractivity contribution is 5.91. The van der Waals surface area contributed by atoms with Crippen LogP contribution >= 0.6 is 0 Å². The van der Waals surface area contributed by atoms with E-state index in [1.165, 1.54) is 19.3 Å². The number of rotatable bonds is 9. The van der Waals surface area contributed by atoms with Gasteiger partial charge in [-0.1, -0.05) is 44.4 Å². The molecule has 5 heteroatoms. The predicted octanol–water partition coefficient (Wildman–Crippen LogP) is 5.61. The maximum absolute atomic E-state index is 9.73. The Morgan fingerprint density at radius 1 is 1.14 bits per heavy atom. The number of methoxy groups -OCH3 is 1. The topological polar surface area (TPSA) is 60.1 Å². The molecule has 0 aliphatic rings. The number of fused-ring (bicyclic) bond motifs is 1. The Bertz CT molecular complexity index is 1040. The summed E-state index contributed by atoms with van der Waals surface area (Å²) in [6.07, 6.45) is 6.46. The Balaban J connectivity index is 1.84. The van der Waals surface area contributed by atoms with E-state index in [2.05, 4.69) is 18.0 Å². The molecular formula is C24H27N3O2. The van der Waals surface area contributed by atoms with Crippen LogP contribution in [0.15, 0.2) is 42.5 Å². The van der Waals surface area contributed by atoms with Crippen molar-refractivity contribution in [2.45, 2.75) is 32.6 Å². The molecule has 0 amide bonds. The van der Waals surface area contributed by atoms with E-state index in [9.17, 15) is 5.26 Å². The molecule has 3 rings (SSSR count). The molecule has 150 valence electrons. The number of aryl methyl sites for hydroxylation is 1. The van der Waals surface area contributed by atoms with Gasteiger partial charge in [0.1, 0.15) is 6.07 Å². The monoisotopic (exact) mass is 389 g/mol. The number of benzene rings is 2. The van der Waals surface area contributed by atoms with Crippen LogP contribution in [0.3, 0.4) is 0 Å². The SMILES string of the molecule is CCCCCCOc1ccc(/C=C(/C#N)c2nc3ccccc3n2C)cc1OC. The standard InChI is InChI=1S/C24H27N3O2/c1-4-5-6-9-14-29-22-13-12-18(16-23(22)28-3)15-19(17-25)24-26-20-10-7-8-11-21(20)27(24)2/h7-8,10-13,15-16H,4-6,9,14H2,1-3H3/b19-15-. The van der Waals surface area contributed by atoms with Crippen LogP contribution in [0.5, 0.6) is 11.5 Å². The Morgan fingerprint density at radius 3 is 2.69 bits per heavy atom. The van der Waals surface area contributed by atoms with E-state index in [0.717, 1.165) is 28.8 Å². The van der Waals surface area contributed by atoms with E-state index in [1.807, 2.05) is 60.2 Å². The molecule has 0 N–H and O–H groups in total. The molecular weight excluding hydrogens is 362 g/mol. The van der Waals surface area contributed by atoms with Gasteiger partial charge in [-0.3, -0.25) is 0 Å². The number of nitrogens with zero attached hydrogens (tertiary/aromatic N) is 3. The van der Waals surface area contributed by atoms with Crippen LogP contribution in [0.2, 0.25) is 0 Å². The van der Waals surface area contributed by atoms with Crippen molar-refractivity contribution >= 4 is 22.7 Å². The van der Waals surface area contributed by atoms with Crippen LogP contribution in [0.1, 0.15) is 44.0 Å². The summed E-state index contributed by atoms with van der Waals surface area (Å²) in [6.45, 7) is 2.87. The summed E-state index contributed by atoms with van der Waals surface area (Å²) >= 11 is 0. The number of unbranched alkanes of at least 4 members (excludes halogenated alkanes) is 3. The predicted molar refractivity (Wildman–Crippen MR) is 117 cm³/mol. The fourth-order valence-corrected chi connectivity index (χ4v) is 3.30. The van der Waals surface area contributed by atoms with Gasteiger partial charge in [-0.25, -0.2) is 4.98 Å². The van der Waals surface area contributed by atoms with Crippen molar-refractivity contribution in [1.29, 1.82) is 5.26 Å². The van der Waals surface area contributed by atoms with E-state index in [4.69, 9.17) is 9.47 Å². The molecule has 0 atom stereocenters. The molecule has 0 spiro atoms. The van der Waals surface area contributed by atoms with E-state index in [0.29, 0.717) is 23.8 Å². The highest BCUT2D eigenvalue weighted by Gasteiger charge is 2.12. The summed E-state index contributed by atoms with van der Waals surface area (Å²) in [5, 5.41) is 9.73. The second-order valence-corrected chi connectivity index (χ2v) is 6.97. The first kappa shape index (κ1) is 20.5. The lowest BCUT2D eigenvalue weighted by molar-refractivity contribution is 0.285. The van der Waals surface area contributed by atoms with Gasteiger partial charge in [0.15, 0.2) is 17.3 Å². The van der Waals surface area contributed by atoms with E-state index >= 15 is 0 Å². The average Bonchev–Trinajstić information content (AvgIpc) is 3.09. The van der Waals surface area contributed by atoms with Crippen LogP contribution < -0.4 is 9.47 Å². The van der Waals surface area contributed by atoms with Gasteiger partial charge in [0.05, 0.1) is 30.3 Å². The third-order valence-electron chi connectivity index (χ3n) is 4.90. The molecule has 1 heterocycles. The third kappa shape index (κ3) is 4.78. The Morgan fingerprint density at radius 2 is 1.97 bits per heavy atom. The van der Waals surface area contributed by atoms with E-state index < -0.39 is 0 Å². The summed E-state index contributed by atoms with van der Waals surface area (Å²) in [4.78, 5) is 4.62. The molecule has 0 radical (unpaired) electrons. The van der Waals surface area contributed by atoms with Crippen molar-refractivity contribution in [3.8, 4) is 17.6 Å². The van der Waals surface area contributed by atoms with E-state index in [1.54, 1.807) is 7.11 Å². The highest BCUT2D eigenvalue weighted by atomic mass is 16.5. The lowest BCUT2D eigenvalue weighted by atomic mass is 10.1. The summed E-state index contributed by atoms with van der Waals surface area (Å²) < 4.78 is 13.3. The molecule has 0 saturated carbocycles. The van der Waals surface area contributed by atoms with Crippen molar-refractivity contribution < 1.29 is 9.47 Å². The maximum atomic E-state index is 9.73. The van der Waals surface area contributed by atoms with Gasteiger partial charge in [0, 0.05) is 7.05 Å². The number of hydrogen-bond donors (Lipinski definition) is 0. The summed E-state index contributed by atoms with van der Waals surface area (Å²) in [6, 6.07) is 15.9. The Hall–Kier alpha value is -3.26. The number of imidazole rings is 1. The molecule has 0 fully saturated rings. The smallest absolute Gasteiger partial charge is 0.161 e. The van der Waals surface area contributed by atoms with Gasteiger partial charge in [0.2, 0.25) is 0 Å². The quantitative estimate of drug-likeness (QED) is 0.353. The second kappa shape index (κ2) is 9.79. The molecule has 0 saturated heterocycles. The van der Waals surface area contributed by atoms with Gasteiger partial charge < -0.3 is 14.0 Å². The van der Waals surface area contributed by atoms with Crippen LogP contribution in [0.4, 0.5) is 0 Å². The summed E-state index contributed by atoms with van der Waals surface area (Å²) in [7, 11) is 3.55. The fraction of sp³-hybridized carbons (Fsp3) is 0.333. The number of hydrogen-bond acceptors (Lipinski definition) is 4. The fourth-order valence-electron chi connectivity index (χ4n) is 3.30. The maximum Gasteiger partial charge on any atom is 0.161 e. The average molecular weight is 389 g/mol. The van der Waals surface area contributed by atoms with Gasteiger partial charge >= 0.3 is 0 Å². The van der Waals surface area contributed by atoms with Gasteiger partial charge in [-0.15, -0.1) is 0 Å². The lowest BCUT2D eigenvalue weighted by Gasteiger charge is -2.11. The second-order valence-electron chi connectivity index (χ2n) is 6.97. The van der Waals surface area contributed by atoms with Crippen LogP contribution in [-0.4, -0.2) is 23.3 Å². The van der Waals surface area contributed by atoms with Crippen LogP contribution in [-0.2, 0) is 7.05 Å². The van der Waals surface area contributed by atoms with Crippen molar-refractivity contribution in [1.82, 2.24) is 9.55 Å². The van der Waals surface area contributed by atoms with Crippen molar-refractivity contribution in [3.05, 3.63) is 53.9 Å². The number of ether oxygens (including phenoxy) is 2. The molecule has 2 aromatic carbocycles. The molecule has 5 nitrogen and oxygen atoms in total. The molecule has 0 unspecified atom stereocenters. The minimum atomic E-state index is 0.499. The minimum absolute atomic E-state index is 0.499. The highest BCUT2D eigenvalue weighted by Crippen LogP contribution is 2.30. The number of aromatic nitrogens is 2. The normalized spacial score (nSPS) is 11.4. The molecule has 0 aliphatic heterocycles. The van der Waals surface area contributed by atoms with Crippen LogP contribution in [0.25, 0.3) is 22.7 Å². The largest absolute Gasteiger partial charge is 0.493 e. The minimum Gasteiger partial charge on any atom is -0.493 e. The lowest BCUT2D eigenvalue weighted by Crippen LogP contribution is -2.00. The first-order valence-corrected chi connectivity index (χ1v) is 10.0. The van der Waals surface area contributed by atoms with Crippen molar-refractivity contribution in [2.24, 2.45) is 7.05 Å². The zero-order valence-corrected chi connectivity index (χ0v) is 17.3. The number of para-hydroxylation sites is 2. The number of allylic oxidation sites excluding steroid dienone is 1. The number of nitriles is 1. The van der Waals surface area contributed by atoms with Gasteiger partial charge in [-0.2, -0.15) is 5.26 Å². The van der Waals surface area contributed by atoms with Gasteiger partial charge in [-0.05, 0) is 42.3 Å². The van der Waals surface area contributed by atoms with Crippen molar-refractivity contribution in [3.63, 3.8) is 0 Å². The Labute approximate surface area is 172 Å². The molecule has 0 aliphatic carbocycles. The van der Waals surface area contributed by atoms with E-state index in [-0.39, 0.29) is 0 Å². The van der Waals surface area contributed by atoms with Crippen LogP contribution in [0, 0.1) is 11.3 Å². The zero-order valence-electron chi connectivity index (χ0n) is 17.3. The van der Waals surface area contributed by atoms with Gasteiger partial charge in [0.25, 0.3) is 0 Å². The first-order valence-electron chi connectivity index (χ1n) is 10.0. The molecule has 3 aromatic rings. The zero-order chi connectivity index (χ0) is 20.6. The molecule has 0 bridgehead atoms. The summed E-state index contributed by atoms with van der Waals surface area (Å²) in [5.41, 5.74) is 3.23. The molecule has 1 aromatic heterocycles.